The molecular weight excluding hydrogens is 248 g/mol. The summed E-state index contributed by atoms with van der Waals surface area (Å²) in [6.07, 6.45) is 16.8. The fraction of sp³-hybridized carbons (Fsp3) is 0.765. The van der Waals surface area contributed by atoms with Crippen molar-refractivity contribution in [2.24, 2.45) is 0 Å². The second-order valence-electron chi connectivity index (χ2n) is 5.62. The molecule has 3 nitrogen and oxygen atoms in total. The molecule has 0 saturated carbocycles. The van der Waals surface area contributed by atoms with Gasteiger partial charge in [0.2, 0.25) is 0 Å². The van der Waals surface area contributed by atoms with Gasteiger partial charge in [0.1, 0.15) is 6.33 Å². The molecule has 0 aliphatic rings. The molecule has 1 unspecified atom stereocenters. The Bertz CT molecular complexity index is 316. The predicted octanol–water partition coefficient (Wildman–Crippen LogP) is 4.82. The third-order valence-electron chi connectivity index (χ3n) is 3.78. The van der Waals surface area contributed by atoms with Gasteiger partial charge in [-0.05, 0) is 12.5 Å². The zero-order valence-electron chi connectivity index (χ0n) is 12.9. The Balaban J connectivity index is 1.90. The number of unbranched alkanes of at least 4 members (excludes halogenated alkanes) is 9. The van der Waals surface area contributed by atoms with Crippen molar-refractivity contribution in [3.05, 3.63) is 24.3 Å². The first-order chi connectivity index (χ1) is 9.84. The summed E-state index contributed by atoms with van der Waals surface area (Å²) in [6, 6.07) is 1.79. The van der Waals surface area contributed by atoms with Crippen LogP contribution in [0.1, 0.15) is 89.4 Å². The highest BCUT2D eigenvalue weighted by atomic mass is 16.3. The molecule has 3 heteroatoms. The monoisotopic (exact) mass is 278 g/mol. The van der Waals surface area contributed by atoms with Crippen LogP contribution in [0.5, 0.6) is 0 Å². The van der Waals surface area contributed by atoms with Gasteiger partial charge in [0.25, 0.3) is 0 Å². The maximum absolute atomic E-state index is 9.95. The molecule has 114 valence electrons. The van der Waals surface area contributed by atoms with Crippen LogP contribution in [0.25, 0.3) is 0 Å². The average molecular weight is 278 g/mol. The van der Waals surface area contributed by atoms with Gasteiger partial charge in [0.15, 0.2) is 0 Å². The maximum atomic E-state index is 9.95. The topological polar surface area (TPSA) is 46.0 Å². The van der Waals surface area contributed by atoms with Gasteiger partial charge in [-0.2, -0.15) is 0 Å². The first kappa shape index (κ1) is 17.1. The molecule has 0 aliphatic carbocycles. The SMILES string of the molecule is CCCCCCCCCCCCC(O)c1ccncn1. The third kappa shape index (κ3) is 8.26. The molecule has 0 spiro atoms. The summed E-state index contributed by atoms with van der Waals surface area (Å²) in [4.78, 5) is 7.94. The van der Waals surface area contributed by atoms with Crippen molar-refractivity contribution in [2.45, 2.75) is 83.7 Å². The number of aliphatic hydroxyl groups excluding tert-OH is 1. The van der Waals surface area contributed by atoms with Gasteiger partial charge in [-0.1, -0.05) is 71.1 Å². The van der Waals surface area contributed by atoms with Crippen LogP contribution in [0.3, 0.4) is 0 Å². The van der Waals surface area contributed by atoms with Crippen LogP contribution in [0, 0.1) is 0 Å². The lowest BCUT2D eigenvalue weighted by molar-refractivity contribution is 0.158. The van der Waals surface area contributed by atoms with Gasteiger partial charge in [-0.15, -0.1) is 0 Å². The van der Waals surface area contributed by atoms with E-state index in [9.17, 15) is 5.11 Å². The molecule has 0 bridgehead atoms. The van der Waals surface area contributed by atoms with Crippen molar-refractivity contribution < 1.29 is 5.11 Å². The van der Waals surface area contributed by atoms with E-state index in [4.69, 9.17) is 0 Å². The Kier molecular flexibility index (Phi) is 10.1. The van der Waals surface area contributed by atoms with E-state index in [1.165, 1.54) is 64.1 Å². The zero-order valence-corrected chi connectivity index (χ0v) is 12.9. The molecule has 1 atom stereocenters. The number of rotatable bonds is 12. The van der Waals surface area contributed by atoms with Gasteiger partial charge in [0.05, 0.1) is 11.8 Å². The molecular formula is C17H30N2O. The van der Waals surface area contributed by atoms with Gasteiger partial charge < -0.3 is 5.11 Å². The lowest BCUT2D eigenvalue weighted by Gasteiger charge is -2.09. The number of hydrogen-bond acceptors (Lipinski definition) is 3. The van der Waals surface area contributed by atoms with Crippen LogP contribution in [0.2, 0.25) is 0 Å². The van der Waals surface area contributed by atoms with Gasteiger partial charge in [0, 0.05) is 6.20 Å². The van der Waals surface area contributed by atoms with Crippen molar-refractivity contribution in [3.63, 3.8) is 0 Å². The van der Waals surface area contributed by atoms with Crippen LogP contribution in [0.15, 0.2) is 18.6 Å². The predicted molar refractivity (Wildman–Crippen MR) is 83.5 cm³/mol. The Morgan fingerprint density at radius 3 is 2.10 bits per heavy atom. The lowest BCUT2D eigenvalue weighted by Crippen LogP contribution is -2.00. The van der Waals surface area contributed by atoms with Crippen LogP contribution < -0.4 is 0 Å². The molecule has 1 N–H and O–H groups in total. The highest BCUT2D eigenvalue weighted by Crippen LogP contribution is 2.18. The molecule has 0 radical (unpaired) electrons. The van der Waals surface area contributed by atoms with E-state index in [1.807, 2.05) is 0 Å². The smallest absolute Gasteiger partial charge is 0.115 e. The summed E-state index contributed by atoms with van der Waals surface area (Å²) in [5.74, 6) is 0. The second kappa shape index (κ2) is 11.8. The normalized spacial score (nSPS) is 12.5. The van der Waals surface area contributed by atoms with Gasteiger partial charge in [-0.3, -0.25) is 0 Å². The Morgan fingerprint density at radius 2 is 1.55 bits per heavy atom. The van der Waals surface area contributed by atoms with E-state index in [0.29, 0.717) is 0 Å². The first-order valence-electron chi connectivity index (χ1n) is 8.28. The number of aromatic nitrogens is 2. The Hall–Kier alpha value is -0.960. The van der Waals surface area contributed by atoms with Crippen LogP contribution >= 0.6 is 0 Å². The zero-order chi connectivity index (χ0) is 14.5. The fourth-order valence-corrected chi connectivity index (χ4v) is 2.47. The van der Waals surface area contributed by atoms with Crippen molar-refractivity contribution in [1.82, 2.24) is 9.97 Å². The second-order valence-corrected chi connectivity index (χ2v) is 5.62. The maximum Gasteiger partial charge on any atom is 0.115 e. The molecule has 0 saturated heterocycles. The highest BCUT2D eigenvalue weighted by molar-refractivity contribution is 5.01. The van der Waals surface area contributed by atoms with Gasteiger partial charge >= 0.3 is 0 Å². The molecule has 0 aliphatic heterocycles. The minimum absolute atomic E-state index is 0.424. The lowest BCUT2D eigenvalue weighted by atomic mass is 10.0. The number of nitrogens with zero attached hydrogens (tertiary/aromatic N) is 2. The van der Waals surface area contributed by atoms with E-state index in [1.54, 1.807) is 12.3 Å². The van der Waals surface area contributed by atoms with Gasteiger partial charge in [-0.25, -0.2) is 9.97 Å². The van der Waals surface area contributed by atoms with Crippen molar-refractivity contribution >= 4 is 0 Å². The Labute approximate surface area is 123 Å². The third-order valence-corrected chi connectivity index (χ3v) is 3.78. The number of aliphatic hydroxyl groups is 1. The van der Waals surface area contributed by atoms with Crippen LogP contribution in [0.4, 0.5) is 0 Å². The van der Waals surface area contributed by atoms with E-state index < -0.39 is 6.10 Å². The summed E-state index contributed by atoms with van der Waals surface area (Å²) >= 11 is 0. The Morgan fingerprint density at radius 1 is 0.950 bits per heavy atom. The summed E-state index contributed by atoms with van der Waals surface area (Å²) in [6.45, 7) is 2.26. The van der Waals surface area contributed by atoms with Crippen LogP contribution in [-0.4, -0.2) is 15.1 Å². The molecule has 0 amide bonds. The van der Waals surface area contributed by atoms with Crippen LogP contribution in [-0.2, 0) is 0 Å². The molecule has 1 rings (SSSR count). The molecule has 1 aromatic heterocycles. The van der Waals surface area contributed by atoms with Crippen molar-refractivity contribution in [1.29, 1.82) is 0 Å². The van der Waals surface area contributed by atoms with Crippen molar-refractivity contribution in [2.75, 3.05) is 0 Å². The molecule has 1 aromatic rings. The summed E-state index contributed by atoms with van der Waals surface area (Å²) in [5, 5.41) is 9.95. The largest absolute Gasteiger partial charge is 0.387 e. The van der Waals surface area contributed by atoms with E-state index in [0.717, 1.165) is 18.5 Å². The first-order valence-corrected chi connectivity index (χ1v) is 8.28. The van der Waals surface area contributed by atoms with E-state index in [-0.39, 0.29) is 0 Å². The average Bonchev–Trinajstić information content (AvgIpc) is 2.50. The molecule has 20 heavy (non-hydrogen) atoms. The van der Waals surface area contributed by atoms with E-state index in [2.05, 4.69) is 16.9 Å². The molecule has 0 fully saturated rings. The fourth-order valence-electron chi connectivity index (χ4n) is 2.47. The van der Waals surface area contributed by atoms with Crippen molar-refractivity contribution in [3.8, 4) is 0 Å². The minimum atomic E-state index is -0.424. The highest BCUT2D eigenvalue weighted by Gasteiger charge is 2.07. The summed E-state index contributed by atoms with van der Waals surface area (Å²) in [5.41, 5.74) is 0.746. The molecule has 0 aromatic carbocycles. The summed E-state index contributed by atoms with van der Waals surface area (Å²) in [7, 11) is 0. The standard InChI is InChI=1S/C17H30N2O/c1-2-3-4-5-6-7-8-9-10-11-12-17(20)16-13-14-18-15-19-16/h13-15,17,20H,2-12H2,1H3. The summed E-state index contributed by atoms with van der Waals surface area (Å²) < 4.78 is 0. The molecule has 1 heterocycles. The minimum Gasteiger partial charge on any atom is -0.387 e. The quantitative estimate of drug-likeness (QED) is 0.557. The van der Waals surface area contributed by atoms with E-state index >= 15 is 0 Å². The number of hydrogen-bond donors (Lipinski definition) is 1.